The second-order valence-corrected chi connectivity index (χ2v) is 4.54. The molecule has 1 aromatic heterocycles. The Bertz CT molecular complexity index is 560. The molecule has 0 saturated carbocycles. The van der Waals surface area contributed by atoms with E-state index in [0.717, 1.165) is 11.4 Å². The first-order chi connectivity index (χ1) is 9.16. The smallest absolute Gasteiger partial charge is 0.157 e. The van der Waals surface area contributed by atoms with E-state index >= 15 is 0 Å². The molecule has 2 aromatic rings. The Morgan fingerprint density at radius 3 is 2.47 bits per heavy atom. The molecule has 0 radical (unpaired) electrons. The molecule has 4 nitrogen and oxygen atoms in total. The number of rotatable bonds is 0. The van der Waals surface area contributed by atoms with E-state index in [0.29, 0.717) is 13.0 Å². The van der Waals surface area contributed by atoms with Crippen LogP contribution in [-0.4, -0.2) is 22.3 Å². The summed E-state index contributed by atoms with van der Waals surface area (Å²) >= 11 is 0. The molecule has 0 spiro atoms. The number of fused-ring (bicyclic) bond motifs is 1. The van der Waals surface area contributed by atoms with E-state index in [4.69, 9.17) is 0 Å². The molecule has 1 N–H and O–H groups in total. The Hall–Kier alpha value is -2.23. The van der Waals surface area contributed by atoms with Crippen molar-refractivity contribution in [3.8, 4) is 0 Å². The molecule has 0 amide bonds. The monoisotopic (exact) mass is 255 g/mol. The molecule has 4 heteroatoms. The summed E-state index contributed by atoms with van der Waals surface area (Å²) in [5.41, 5.74) is 4.42. The predicted molar refractivity (Wildman–Crippen MR) is 75.1 cm³/mol. The van der Waals surface area contributed by atoms with Gasteiger partial charge in [0.25, 0.3) is 0 Å². The van der Waals surface area contributed by atoms with Crippen LogP contribution in [0, 0.1) is 13.8 Å². The molecule has 0 fully saturated rings. The number of aryl methyl sites for hydroxylation is 2. The minimum Gasteiger partial charge on any atom is -0.375 e. The molecular formula is C15H17N3O. The summed E-state index contributed by atoms with van der Waals surface area (Å²) in [6.45, 7) is 4.64. The lowest BCUT2D eigenvalue weighted by Gasteiger charge is -2.13. The van der Waals surface area contributed by atoms with Gasteiger partial charge in [0.15, 0.2) is 5.78 Å². The van der Waals surface area contributed by atoms with E-state index in [1.54, 1.807) is 6.20 Å². The third kappa shape index (κ3) is 3.61. The van der Waals surface area contributed by atoms with Gasteiger partial charge in [-0.05, 0) is 25.0 Å². The van der Waals surface area contributed by atoms with Crippen LogP contribution in [0.1, 0.15) is 16.8 Å². The number of hydrogen-bond acceptors (Lipinski definition) is 4. The van der Waals surface area contributed by atoms with Crippen molar-refractivity contribution < 1.29 is 4.79 Å². The molecular weight excluding hydrogens is 238 g/mol. The predicted octanol–water partition coefficient (Wildman–Crippen LogP) is 2.32. The molecule has 0 unspecified atom stereocenters. The first kappa shape index (κ1) is 13.2. The van der Waals surface area contributed by atoms with Crippen molar-refractivity contribution in [3.05, 3.63) is 53.6 Å². The number of aromatic nitrogens is 2. The van der Waals surface area contributed by atoms with E-state index in [1.807, 2.05) is 0 Å². The quantitative estimate of drug-likeness (QED) is 0.785. The summed E-state index contributed by atoms with van der Waals surface area (Å²) in [5, 5.41) is 2.94. The van der Waals surface area contributed by atoms with Crippen LogP contribution in [0.5, 0.6) is 0 Å². The van der Waals surface area contributed by atoms with Gasteiger partial charge in [-0.2, -0.15) is 0 Å². The minimum atomic E-state index is 0.177. The summed E-state index contributed by atoms with van der Waals surface area (Å²) in [4.78, 5) is 18.7. The van der Waals surface area contributed by atoms with Gasteiger partial charge < -0.3 is 5.32 Å². The normalized spacial score (nSPS) is 12.8. The molecule has 19 heavy (non-hydrogen) atoms. The van der Waals surface area contributed by atoms with Gasteiger partial charge in [-0.3, -0.25) is 4.79 Å². The summed E-state index contributed by atoms with van der Waals surface area (Å²) in [7, 11) is 0. The highest BCUT2D eigenvalue weighted by atomic mass is 16.1. The second-order valence-electron chi connectivity index (χ2n) is 4.54. The van der Waals surface area contributed by atoms with Crippen LogP contribution < -0.4 is 5.32 Å². The third-order valence-electron chi connectivity index (χ3n) is 3.06. The van der Waals surface area contributed by atoms with E-state index < -0.39 is 0 Å². The first-order valence-electron chi connectivity index (χ1n) is 6.23. The number of Topliss-reactive ketones (excluding diaryl/α,β-unsaturated/α-hetero) is 1. The summed E-state index contributed by atoms with van der Waals surface area (Å²) in [5.74, 6) is 0.177. The van der Waals surface area contributed by atoms with Crippen molar-refractivity contribution in [1.29, 1.82) is 0 Å². The molecule has 2 heterocycles. The van der Waals surface area contributed by atoms with Crippen LogP contribution in [-0.2, 0) is 11.2 Å². The largest absolute Gasteiger partial charge is 0.375 e. The molecule has 98 valence electrons. The molecule has 1 aliphatic rings. The van der Waals surface area contributed by atoms with Crippen molar-refractivity contribution >= 4 is 11.5 Å². The standard InChI is InChI=1S/C8H10.C7H7N3O/c1-7-5-3-4-6-8(7)2;11-5-1-6-7(9-2-5)3-8-4-10-6/h3-6H,1-2H3;3-4,9H,1-2H2. The van der Waals surface area contributed by atoms with E-state index in [-0.39, 0.29) is 5.78 Å². The summed E-state index contributed by atoms with van der Waals surface area (Å²) < 4.78 is 0. The third-order valence-corrected chi connectivity index (χ3v) is 3.06. The van der Waals surface area contributed by atoms with Crippen molar-refractivity contribution in [2.24, 2.45) is 0 Å². The number of hydrogen-bond donors (Lipinski definition) is 1. The molecule has 0 saturated heterocycles. The highest BCUT2D eigenvalue weighted by Gasteiger charge is 2.14. The highest BCUT2D eigenvalue weighted by Crippen LogP contribution is 2.14. The van der Waals surface area contributed by atoms with Gasteiger partial charge in [-0.25, -0.2) is 9.97 Å². The van der Waals surface area contributed by atoms with Gasteiger partial charge in [0.05, 0.1) is 30.5 Å². The van der Waals surface area contributed by atoms with Crippen molar-refractivity contribution in [3.63, 3.8) is 0 Å². The Labute approximate surface area is 112 Å². The van der Waals surface area contributed by atoms with E-state index in [9.17, 15) is 4.79 Å². The number of carbonyl (C=O) groups is 1. The Kier molecular flexibility index (Phi) is 4.23. The minimum absolute atomic E-state index is 0.177. The lowest BCUT2D eigenvalue weighted by molar-refractivity contribution is -0.117. The maximum absolute atomic E-state index is 10.9. The van der Waals surface area contributed by atoms with Crippen LogP contribution in [0.15, 0.2) is 36.8 Å². The van der Waals surface area contributed by atoms with Gasteiger partial charge in [-0.1, -0.05) is 24.3 Å². The van der Waals surface area contributed by atoms with Gasteiger partial charge >= 0.3 is 0 Å². The number of nitrogens with zero attached hydrogens (tertiary/aromatic N) is 2. The lowest BCUT2D eigenvalue weighted by atomic mass is 10.1. The Morgan fingerprint density at radius 1 is 1.16 bits per heavy atom. The molecule has 1 aliphatic heterocycles. The lowest BCUT2D eigenvalue weighted by Crippen LogP contribution is -2.23. The first-order valence-corrected chi connectivity index (χ1v) is 6.23. The molecule has 0 atom stereocenters. The highest BCUT2D eigenvalue weighted by molar-refractivity contribution is 5.88. The second kappa shape index (κ2) is 6.09. The van der Waals surface area contributed by atoms with Gasteiger partial charge in [0.1, 0.15) is 6.33 Å². The zero-order valence-corrected chi connectivity index (χ0v) is 11.2. The van der Waals surface area contributed by atoms with E-state index in [1.165, 1.54) is 17.5 Å². The van der Waals surface area contributed by atoms with Crippen molar-refractivity contribution in [1.82, 2.24) is 9.97 Å². The summed E-state index contributed by atoms with van der Waals surface area (Å²) in [6, 6.07) is 8.36. The average Bonchev–Trinajstić information content (AvgIpc) is 2.43. The maximum Gasteiger partial charge on any atom is 0.157 e. The Morgan fingerprint density at radius 2 is 1.84 bits per heavy atom. The van der Waals surface area contributed by atoms with Crippen molar-refractivity contribution in [2.45, 2.75) is 20.3 Å². The SMILES string of the molecule is Cc1ccccc1C.O=C1CNc2cncnc2C1. The number of carbonyl (C=O) groups excluding carboxylic acids is 1. The number of benzene rings is 1. The number of ketones is 1. The van der Waals surface area contributed by atoms with Crippen LogP contribution in [0.4, 0.5) is 5.69 Å². The van der Waals surface area contributed by atoms with Gasteiger partial charge in [0.2, 0.25) is 0 Å². The fraction of sp³-hybridized carbons (Fsp3) is 0.267. The molecule has 1 aromatic carbocycles. The van der Waals surface area contributed by atoms with Gasteiger partial charge in [-0.15, -0.1) is 0 Å². The topological polar surface area (TPSA) is 54.9 Å². The van der Waals surface area contributed by atoms with E-state index in [2.05, 4.69) is 53.4 Å². The zero-order chi connectivity index (χ0) is 13.7. The summed E-state index contributed by atoms with van der Waals surface area (Å²) in [6.07, 6.45) is 3.58. The number of nitrogens with one attached hydrogen (secondary N) is 1. The van der Waals surface area contributed by atoms with Crippen LogP contribution >= 0.6 is 0 Å². The molecule has 0 aliphatic carbocycles. The average molecular weight is 255 g/mol. The molecule has 3 rings (SSSR count). The fourth-order valence-corrected chi connectivity index (χ4v) is 1.75. The van der Waals surface area contributed by atoms with Crippen LogP contribution in [0.25, 0.3) is 0 Å². The maximum atomic E-state index is 10.9. The number of anilines is 1. The van der Waals surface area contributed by atoms with Gasteiger partial charge in [0, 0.05) is 0 Å². The fourth-order valence-electron chi connectivity index (χ4n) is 1.75. The van der Waals surface area contributed by atoms with Crippen LogP contribution in [0.3, 0.4) is 0 Å². The zero-order valence-electron chi connectivity index (χ0n) is 11.2. The molecule has 0 bridgehead atoms. The van der Waals surface area contributed by atoms with Crippen molar-refractivity contribution in [2.75, 3.05) is 11.9 Å². The Balaban J connectivity index is 0.000000148. The van der Waals surface area contributed by atoms with Crippen LogP contribution in [0.2, 0.25) is 0 Å².